The lowest BCUT2D eigenvalue weighted by atomic mass is 9.94. The molecule has 3 nitrogen and oxygen atoms in total. The van der Waals surface area contributed by atoms with Crippen LogP contribution < -0.4 is 0 Å². The summed E-state index contributed by atoms with van der Waals surface area (Å²) in [5, 5.41) is 15.1. The first-order valence-electron chi connectivity index (χ1n) is 6.79. The van der Waals surface area contributed by atoms with Crippen molar-refractivity contribution in [1.29, 1.82) is 0 Å². The van der Waals surface area contributed by atoms with Crippen molar-refractivity contribution >= 4 is 0 Å². The molecule has 3 heteroatoms. The van der Waals surface area contributed by atoms with Gasteiger partial charge in [-0.1, -0.05) is 13.3 Å². The van der Waals surface area contributed by atoms with Gasteiger partial charge in [-0.2, -0.15) is 5.10 Å². The zero-order valence-electron chi connectivity index (χ0n) is 11.2. The standard InChI is InChI=1S/C14H24N2O/c1-4-12-5-7-14(17,9-12)10-13-6-8-16(15-13)11(2)3/h6,8,11-12,17H,4-5,7,9-10H2,1-3H3. The fourth-order valence-electron chi connectivity index (χ4n) is 2.82. The molecule has 96 valence electrons. The lowest BCUT2D eigenvalue weighted by Gasteiger charge is -2.21. The fourth-order valence-corrected chi connectivity index (χ4v) is 2.82. The summed E-state index contributed by atoms with van der Waals surface area (Å²) < 4.78 is 1.96. The van der Waals surface area contributed by atoms with Crippen LogP contribution in [0.5, 0.6) is 0 Å². The maximum Gasteiger partial charge on any atom is 0.0706 e. The number of hydrogen-bond acceptors (Lipinski definition) is 2. The van der Waals surface area contributed by atoms with E-state index in [1.54, 1.807) is 0 Å². The molecule has 0 amide bonds. The molecule has 1 heterocycles. The Hall–Kier alpha value is -0.830. The largest absolute Gasteiger partial charge is 0.389 e. The minimum absolute atomic E-state index is 0.394. The van der Waals surface area contributed by atoms with Gasteiger partial charge in [-0.3, -0.25) is 4.68 Å². The predicted octanol–water partition coefficient (Wildman–Crippen LogP) is 2.95. The first-order chi connectivity index (χ1) is 8.02. The van der Waals surface area contributed by atoms with Crippen molar-refractivity contribution < 1.29 is 5.11 Å². The first kappa shape index (κ1) is 12.6. The molecule has 1 fully saturated rings. The van der Waals surface area contributed by atoms with Crippen molar-refractivity contribution in [3.63, 3.8) is 0 Å². The maximum absolute atomic E-state index is 10.5. The van der Waals surface area contributed by atoms with E-state index in [1.807, 2.05) is 16.9 Å². The van der Waals surface area contributed by atoms with Crippen LogP contribution in [0, 0.1) is 5.92 Å². The van der Waals surface area contributed by atoms with E-state index in [9.17, 15) is 5.11 Å². The molecule has 0 bridgehead atoms. The van der Waals surface area contributed by atoms with Crippen molar-refractivity contribution in [2.45, 2.75) is 64.5 Å². The molecule has 2 atom stereocenters. The number of hydrogen-bond donors (Lipinski definition) is 1. The van der Waals surface area contributed by atoms with Gasteiger partial charge in [0.2, 0.25) is 0 Å². The summed E-state index contributed by atoms with van der Waals surface area (Å²) in [6.07, 6.45) is 6.94. The second-order valence-electron chi connectivity index (χ2n) is 5.80. The molecular formula is C14H24N2O. The van der Waals surface area contributed by atoms with Gasteiger partial charge in [0.05, 0.1) is 11.3 Å². The molecule has 1 aromatic heterocycles. The van der Waals surface area contributed by atoms with E-state index in [2.05, 4.69) is 25.9 Å². The highest BCUT2D eigenvalue weighted by molar-refractivity contribution is 5.06. The third kappa shape index (κ3) is 2.89. The van der Waals surface area contributed by atoms with Crippen LogP contribution in [0.3, 0.4) is 0 Å². The van der Waals surface area contributed by atoms with Gasteiger partial charge in [-0.25, -0.2) is 0 Å². The smallest absolute Gasteiger partial charge is 0.0706 e. The first-order valence-corrected chi connectivity index (χ1v) is 6.79. The normalized spacial score (nSPS) is 29.1. The molecule has 0 spiro atoms. The molecular weight excluding hydrogens is 212 g/mol. The van der Waals surface area contributed by atoms with E-state index in [4.69, 9.17) is 0 Å². The van der Waals surface area contributed by atoms with Gasteiger partial charge in [0.1, 0.15) is 0 Å². The molecule has 2 rings (SSSR count). The molecule has 1 saturated carbocycles. The minimum atomic E-state index is -0.503. The van der Waals surface area contributed by atoms with Crippen molar-refractivity contribution in [2.75, 3.05) is 0 Å². The summed E-state index contributed by atoms with van der Waals surface area (Å²) in [6, 6.07) is 2.43. The summed E-state index contributed by atoms with van der Waals surface area (Å²) in [4.78, 5) is 0. The minimum Gasteiger partial charge on any atom is -0.389 e. The highest BCUT2D eigenvalue weighted by atomic mass is 16.3. The molecule has 17 heavy (non-hydrogen) atoms. The van der Waals surface area contributed by atoms with E-state index >= 15 is 0 Å². The number of nitrogens with zero attached hydrogens (tertiary/aromatic N) is 2. The van der Waals surface area contributed by atoms with Crippen molar-refractivity contribution in [1.82, 2.24) is 9.78 Å². The zero-order chi connectivity index (χ0) is 12.5. The Morgan fingerprint density at radius 1 is 1.59 bits per heavy atom. The fraction of sp³-hybridized carbons (Fsp3) is 0.786. The summed E-state index contributed by atoms with van der Waals surface area (Å²) >= 11 is 0. The van der Waals surface area contributed by atoms with Crippen LogP contribution in [-0.4, -0.2) is 20.5 Å². The third-order valence-electron chi connectivity index (χ3n) is 3.97. The van der Waals surface area contributed by atoms with Gasteiger partial charge in [-0.05, 0) is 45.1 Å². The lowest BCUT2D eigenvalue weighted by Crippen LogP contribution is -2.28. The van der Waals surface area contributed by atoms with Crippen LogP contribution in [-0.2, 0) is 6.42 Å². The number of aliphatic hydroxyl groups is 1. The van der Waals surface area contributed by atoms with E-state index in [-0.39, 0.29) is 0 Å². The summed E-state index contributed by atoms with van der Waals surface area (Å²) in [6.45, 7) is 6.45. The van der Waals surface area contributed by atoms with Crippen LogP contribution >= 0.6 is 0 Å². The lowest BCUT2D eigenvalue weighted by molar-refractivity contribution is 0.0425. The van der Waals surface area contributed by atoms with E-state index in [1.165, 1.54) is 6.42 Å². The van der Waals surface area contributed by atoms with Crippen molar-refractivity contribution in [3.05, 3.63) is 18.0 Å². The van der Waals surface area contributed by atoms with E-state index < -0.39 is 5.60 Å². The molecule has 1 aromatic rings. The summed E-state index contributed by atoms with van der Waals surface area (Å²) in [5.74, 6) is 0.701. The quantitative estimate of drug-likeness (QED) is 0.872. The van der Waals surface area contributed by atoms with Gasteiger partial charge in [0.15, 0.2) is 0 Å². The Kier molecular flexibility index (Phi) is 3.57. The SMILES string of the molecule is CCC1CCC(O)(Cc2ccn(C(C)C)n2)C1. The average Bonchev–Trinajstić information content (AvgIpc) is 2.86. The Balaban J connectivity index is 2.00. The number of rotatable bonds is 4. The Labute approximate surface area is 104 Å². The van der Waals surface area contributed by atoms with E-state index in [0.29, 0.717) is 18.4 Å². The average molecular weight is 236 g/mol. The van der Waals surface area contributed by atoms with Gasteiger partial charge in [0.25, 0.3) is 0 Å². The van der Waals surface area contributed by atoms with Crippen LogP contribution in [0.1, 0.15) is 58.2 Å². The van der Waals surface area contributed by atoms with Gasteiger partial charge in [0, 0.05) is 18.7 Å². The molecule has 0 aromatic carbocycles. The molecule has 0 saturated heterocycles. The second kappa shape index (κ2) is 4.81. The summed E-state index contributed by atoms with van der Waals surface area (Å²) in [7, 11) is 0. The van der Waals surface area contributed by atoms with Gasteiger partial charge >= 0.3 is 0 Å². The summed E-state index contributed by atoms with van der Waals surface area (Å²) in [5.41, 5.74) is 0.523. The molecule has 0 radical (unpaired) electrons. The maximum atomic E-state index is 10.5. The Morgan fingerprint density at radius 2 is 2.35 bits per heavy atom. The zero-order valence-corrected chi connectivity index (χ0v) is 11.2. The molecule has 0 aliphatic heterocycles. The Morgan fingerprint density at radius 3 is 2.88 bits per heavy atom. The number of aromatic nitrogens is 2. The predicted molar refractivity (Wildman–Crippen MR) is 68.9 cm³/mol. The van der Waals surface area contributed by atoms with Gasteiger partial charge in [-0.15, -0.1) is 0 Å². The Bertz CT molecular complexity index is 372. The van der Waals surface area contributed by atoms with Crippen LogP contribution in [0.15, 0.2) is 12.3 Å². The van der Waals surface area contributed by atoms with Crippen LogP contribution in [0.25, 0.3) is 0 Å². The monoisotopic (exact) mass is 236 g/mol. The van der Waals surface area contributed by atoms with Crippen LogP contribution in [0.2, 0.25) is 0 Å². The molecule has 1 N–H and O–H groups in total. The van der Waals surface area contributed by atoms with Gasteiger partial charge < -0.3 is 5.11 Å². The second-order valence-corrected chi connectivity index (χ2v) is 5.80. The van der Waals surface area contributed by atoms with Crippen LogP contribution in [0.4, 0.5) is 0 Å². The molecule has 1 aliphatic carbocycles. The highest BCUT2D eigenvalue weighted by Crippen LogP contribution is 2.38. The third-order valence-corrected chi connectivity index (χ3v) is 3.97. The van der Waals surface area contributed by atoms with Crippen molar-refractivity contribution in [2.24, 2.45) is 5.92 Å². The molecule has 2 unspecified atom stereocenters. The highest BCUT2D eigenvalue weighted by Gasteiger charge is 2.36. The molecule has 1 aliphatic rings. The topological polar surface area (TPSA) is 38.0 Å². The van der Waals surface area contributed by atoms with E-state index in [0.717, 1.165) is 25.0 Å². The van der Waals surface area contributed by atoms with Crippen molar-refractivity contribution in [3.8, 4) is 0 Å².